The SMILES string of the molecule is c1ccc(-c2ccc(N(c3ccccc3)c3ccc4sc5cc6c(c(-c7ccccc7)c5c4c3)-c3ccccc3C6(c3ccccc3)c3ccccc3)cc2)cc1. The van der Waals surface area contributed by atoms with Crippen molar-refractivity contribution in [2.24, 2.45) is 0 Å². The molecule has 2 heteroatoms. The Kier molecular flexibility index (Phi) is 7.98. The van der Waals surface area contributed by atoms with Gasteiger partial charge in [0.15, 0.2) is 0 Å². The summed E-state index contributed by atoms with van der Waals surface area (Å²) in [6, 6.07) is 82.3. The molecule has 0 radical (unpaired) electrons. The molecule has 0 N–H and O–H groups in total. The lowest BCUT2D eigenvalue weighted by atomic mass is 9.67. The summed E-state index contributed by atoms with van der Waals surface area (Å²) in [6.07, 6.45) is 0. The molecule has 0 spiro atoms. The van der Waals surface area contributed by atoms with E-state index in [9.17, 15) is 0 Å². The van der Waals surface area contributed by atoms with Crippen LogP contribution in [0.4, 0.5) is 17.1 Å². The highest BCUT2D eigenvalue weighted by Gasteiger charge is 2.47. The van der Waals surface area contributed by atoms with E-state index in [0.29, 0.717) is 0 Å². The molecule has 11 rings (SSSR count). The van der Waals surface area contributed by atoms with Crippen LogP contribution in [-0.2, 0) is 5.41 Å². The van der Waals surface area contributed by atoms with E-state index in [1.807, 2.05) is 11.3 Å². The van der Waals surface area contributed by atoms with Crippen molar-refractivity contribution in [3.05, 3.63) is 247 Å². The minimum atomic E-state index is -0.483. The Balaban J connectivity index is 1.20. The fourth-order valence-corrected chi connectivity index (χ4v) is 10.5. The van der Waals surface area contributed by atoms with Gasteiger partial charge in [0.2, 0.25) is 0 Å². The van der Waals surface area contributed by atoms with Gasteiger partial charge < -0.3 is 4.90 Å². The van der Waals surface area contributed by atoms with Gasteiger partial charge in [0.05, 0.1) is 5.41 Å². The summed E-state index contributed by atoms with van der Waals surface area (Å²) in [5, 5.41) is 2.58. The van der Waals surface area contributed by atoms with Crippen molar-refractivity contribution < 1.29 is 0 Å². The second kappa shape index (κ2) is 13.6. The fourth-order valence-electron chi connectivity index (χ4n) is 9.33. The standard InChI is InChI=1S/C55H37NS/c1-6-18-38(19-7-1)39-30-32-44(33-31-39)56(43-26-14-5-15-27-43)45-34-35-50-47(36-45)54-51(57-50)37-49-53(52(54)40-20-8-2-9-21-40)46-28-16-17-29-48(46)55(49,41-22-10-3-11-23-41)42-24-12-4-13-25-42/h1-37H. The third-order valence-corrected chi connectivity index (χ3v) is 12.8. The second-order valence-corrected chi connectivity index (χ2v) is 15.9. The van der Waals surface area contributed by atoms with Crippen molar-refractivity contribution in [2.45, 2.75) is 5.41 Å². The number of thiophene rings is 1. The van der Waals surface area contributed by atoms with Crippen LogP contribution in [0.5, 0.6) is 0 Å². The third-order valence-electron chi connectivity index (χ3n) is 11.7. The number of benzene rings is 9. The molecule has 1 aliphatic carbocycles. The van der Waals surface area contributed by atoms with Gasteiger partial charge in [0, 0.05) is 37.2 Å². The van der Waals surface area contributed by atoms with Crippen LogP contribution in [0.1, 0.15) is 22.3 Å². The summed E-state index contributed by atoms with van der Waals surface area (Å²) in [5.41, 5.74) is 15.7. The predicted molar refractivity (Wildman–Crippen MR) is 242 cm³/mol. The number of hydrogen-bond donors (Lipinski definition) is 0. The first-order valence-electron chi connectivity index (χ1n) is 19.6. The number of para-hydroxylation sites is 1. The minimum Gasteiger partial charge on any atom is -0.310 e. The quantitative estimate of drug-likeness (QED) is 0.157. The van der Waals surface area contributed by atoms with Crippen molar-refractivity contribution in [1.82, 2.24) is 0 Å². The minimum absolute atomic E-state index is 0.483. The lowest BCUT2D eigenvalue weighted by Gasteiger charge is -2.34. The zero-order chi connectivity index (χ0) is 37.8. The Hall–Kier alpha value is -7.00. The Morgan fingerprint density at radius 3 is 1.51 bits per heavy atom. The maximum Gasteiger partial charge on any atom is 0.0714 e. The highest BCUT2D eigenvalue weighted by Crippen LogP contribution is 2.61. The van der Waals surface area contributed by atoms with Crippen molar-refractivity contribution in [3.8, 4) is 33.4 Å². The molecule has 0 saturated carbocycles. The zero-order valence-corrected chi connectivity index (χ0v) is 32.0. The van der Waals surface area contributed by atoms with Crippen LogP contribution in [-0.4, -0.2) is 0 Å². The Labute approximate surface area is 337 Å². The van der Waals surface area contributed by atoms with Crippen LogP contribution in [0.15, 0.2) is 224 Å². The molecule has 0 amide bonds. The summed E-state index contributed by atoms with van der Waals surface area (Å²) in [4.78, 5) is 2.39. The summed E-state index contributed by atoms with van der Waals surface area (Å²) >= 11 is 1.90. The first kappa shape index (κ1) is 33.3. The van der Waals surface area contributed by atoms with Crippen LogP contribution in [0.25, 0.3) is 53.6 Å². The lowest BCUT2D eigenvalue weighted by molar-refractivity contribution is 0.770. The summed E-state index contributed by atoms with van der Waals surface area (Å²) < 4.78 is 2.57. The summed E-state index contributed by atoms with van der Waals surface area (Å²) in [5.74, 6) is 0. The highest BCUT2D eigenvalue weighted by atomic mass is 32.1. The molecule has 0 saturated heterocycles. The maximum atomic E-state index is 2.53. The van der Waals surface area contributed by atoms with Gasteiger partial charge in [-0.1, -0.05) is 176 Å². The fraction of sp³-hybridized carbons (Fsp3) is 0.0182. The van der Waals surface area contributed by atoms with E-state index in [1.165, 1.54) is 75.8 Å². The molecular formula is C55H37NS. The molecule has 268 valence electrons. The van der Waals surface area contributed by atoms with E-state index >= 15 is 0 Å². The van der Waals surface area contributed by atoms with Gasteiger partial charge in [-0.15, -0.1) is 11.3 Å². The first-order chi connectivity index (χ1) is 28.3. The topological polar surface area (TPSA) is 3.24 Å². The molecule has 9 aromatic carbocycles. The number of anilines is 3. The number of rotatable bonds is 7. The van der Waals surface area contributed by atoms with Crippen LogP contribution < -0.4 is 4.90 Å². The van der Waals surface area contributed by atoms with Gasteiger partial charge in [-0.3, -0.25) is 0 Å². The molecule has 1 aromatic heterocycles. The van der Waals surface area contributed by atoms with E-state index in [4.69, 9.17) is 0 Å². The van der Waals surface area contributed by atoms with E-state index in [-0.39, 0.29) is 0 Å². The molecule has 0 aliphatic heterocycles. The normalized spacial score (nSPS) is 12.7. The number of nitrogens with zero attached hydrogens (tertiary/aromatic N) is 1. The molecular weight excluding hydrogens is 707 g/mol. The summed E-state index contributed by atoms with van der Waals surface area (Å²) in [7, 11) is 0. The molecule has 1 aliphatic rings. The Morgan fingerprint density at radius 2 is 0.860 bits per heavy atom. The van der Waals surface area contributed by atoms with Gasteiger partial charge >= 0.3 is 0 Å². The van der Waals surface area contributed by atoms with Crippen molar-refractivity contribution in [3.63, 3.8) is 0 Å². The lowest BCUT2D eigenvalue weighted by Crippen LogP contribution is -2.28. The van der Waals surface area contributed by atoms with Crippen LogP contribution in [0, 0.1) is 0 Å². The average Bonchev–Trinajstić information content (AvgIpc) is 3.80. The highest BCUT2D eigenvalue weighted by molar-refractivity contribution is 7.26. The molecule has 1 nitrogen and oxygen atoms in total. The Morgan fingerprint density at radius 1 is 0.351 bits per heavy atom. The monoisotopic (exact) mass is 743 g/mol. The van der Waals surface area contributed by atoms with E-state index < -0.39 is 5.41 Å². The van der Waals surface area contributed by atoms with E-state index in [2.05, 4.69) is 229 Å². The zero-order valence-electron chi connectivity index (χ0n) is 31.2. The average molecular weight is 744 g/mol. The summed E-state index contributed by atoms with van der Waals surface area (Å²) in [6.45, 7) is 0. The largest absolute Gasteiger partial charge is 0.310 e. The molecule has 0 fully saturated rings. The molecule has 10 aromatic rings. The van der Waals surface area contributed by atoms with Gasteiger partial charge in [0.1, 0.15) is 0 Å². The van der Waals surface area contributed by atoms with E-state index in [1.54, 1.807) is 0 Å². The van der Waals surface area contributed by atoms with E-state index in [0.717, 1.165) is 17.1 Å². The van der Waals surface area contributed by atoms with Gasteiger partial charge in [-0.25, -0.2) is 0 Å². The van der Waals surface area contributed by atoms with Crippen molar-refractivity contribution in [2.75, 3.05) is 4.90 Å². The van der Waals surface area contributed by atoms with Gasteiger partial charge in [-0.2, -0.15) is 0 Å². The molecule has 1 heterocycles. The van der Waals surface area contributed by atoms with Crippen molar-refractivity contribution in [1.29, 1.82) is 0 Å². The molecule has 57 heavy (non-hydrogen) atoms. The number of hydrogen-bond acceptors (Lipinski definition) is 2. The first-order valence-corrected chi connectivity index (χ1v) is 20.4. The third kappa shape index (κ3) is 5.29. The van der Waals surface area contributed by atoms with Crippen LogP contribution >= 0.6 is 11.3 Å². The predicted octanol–water partition coefficient (Wildman–Crippen LogP) is 15.2. The molecule has 0 atom stereocenters. The molecule has 0 bridgehead atoms. The smallest absolute Gasteiger partial charge is 0.0714 e. The van der Waals surface area contributed by atoms with Gasteiger partial charge in [-0.05, 0) is 104 Å². The van der Waals surface area contributed by atoms with Crippen LogP contribution in [0.3, 0.4) is 0 Å². The van der Waals surface area contributed by atoms with Gasteiger partial charge in [0.25, 0.3) is 0 Å². The number of fused-ring (bicyclic) bond motifs is 6. The molecule has 0 unspecified atom stereocenters. The maximum absolute atomic E-state index is 2.53. The second-order valence-electron chi connectivity index (χ2n) is 14.8. The van der Waals surface area contributed by atoms with Crippen molar-refractivity contribution >= 4 is 48.6 Å². The van der Waals surface area contributed by atoms with Crippen LogP contribution in [0.2, 0.25) is 0 Å². The Bertz CT molecular complexity index is 2990.